The number of nitrogens with one attached hydrogen (secondary N) is 1. The summed E-state index contributed by atoms with van der Waals surface area (Å²) >= 11 is 0. The summed E-state index contributed by atoms with van der Waals surface area (Å²) in [5.74, 6) is -0.126. The van der Waals surface area contributed by atoms with E-state index in [2.05, 4.69) is 31.3 Å². The molecule has 0 fully saturated rings. The molecule has 2 unspecified atom stereocenters. The third-order valence-corrected chi connectivity index (χ3v) is 11.8. The van der Waals surface area contributed by atoms with E-state index in [-0.39, 0.29) is 18.5 Å². The van der Waals surface area contributed by atoms with Crippen molar-refractivity contribution in [2.45, 2.75) is 289 Å². The van der Waals surface area contributed by atoms with E-state index in [4.69, 9.17) is 4.74 Å². The second-order valence-corrected chi connectivity index (χ2v) is 17.5. The summed E-state index contributed by atoms with van der Waals surface area (Å²) in [4.78, 5) is 24.5. The molecule has 0 rings (SSSR count). The zero-order valence-corrected chi connectivity index (χ0v) is 38.3. The summed E-state index contributed by atoms with van der Waals surface area (Å²) in [5, 5.41) is 23.1. The van der Waals surface area contributed by atoms with Crippen LogP contribution in [0.3, 0.4) is 0 Å². The third-order valence-electron chi connectivity index (χ3n) is 11.8. The van der Waals surface area contributed by atoms with Crippen molar-refractivity contribution in [2.24, 2.45) is 0 Å². The number of aliphatic hydroxyl groups is 2. The van der Waals surface area contributed by atoms with Crippen molar-refractivity contribution in [3.8, 4) is 0 Å². The quantitative estimate of drug-likeness (QED) is 0.0323. The Morgan fingerprint density at radius 2 is 0.842 bits per heavy atom. The first-order valence-corrected chi connectivity index (χ1v) is 25.4. The zero-order valence-electron chi connectivity index (χ0n) is 38.3. The van der Waals surface area contributed by atoms with Gasteiger partial charge >= 0.3 is 5.97 Å². The van der Waals surface area contributed by atoms with Crippen LogP contribution in [0.1, 0.15) is 277 Å². The molecule has 6 nitrogen and oxygen atoms in total. The minimum atomic E-state index is -0.693. The number of aliphatic hydroxyl groups excluding tert-OH is 2. The number of ether oxygens (including phenoxy) is 1. The largest absolute Gasteiger partial charge is 0.466 e. The van der Waals surface area contributed by atoms with Crippen LogP contribution in [0.2, 0.25) is 0 Å². The summed E-state index contributed by atoms with van der Waals surface area (Å²) in [6, 6.07) is -0.577. The number of carbonyl (C=O) groups is 2. The second kappa shape index (κ2) is 47.3. The second-order valence-electron chi connectivity index (χ2n) is 17.5. The van der Waals surface area contributed by atoms with Crippen LogP contribution in [0, 0.1) is 0 Å². The van der Waals surface area contributed by atoms with E-state index in [0.717, 1.165) is 70.6 Å². The smallest absolute Gasteiger partial charge is 0.305 e. The number of hydrogen-bond donors (Lipinski definition) is 3. The van der Waals surface area contributed by atoms with Gasteiger partial charge in [0.15, 0.2) is 0 Å². The fourth-order valence-corrected chi connectivity index (χ4v) is 7.88. The highest BCUT2D eigenvalue weighted by Gasteiger charge is 2.20. The van der Waals surface area contributed by atoms with Crippen molar-refractivity contribution < 1.29 is 24.5 Å². The van der Waals surface area contributed by atoms with Gasteiger partial charge in [-0.25, -0.2) is 0 Å². The molecule has 0 spiro atoms. The molecule has 57 heavy (non-hydrogen) atoms. The predicted octanol–water partition coefficient (Wildman–Crippen LogP) is 15.0. The molecule has 0 aliphatic carbocycles. The Kier molecular flexibility index (Phi) is 46.1. The van der Waals surface area contributed by atoms with Gasteiger partial charge < -0.3 is 20.3 Å². The maximum Gasteiger partial charge on any atom is 0.305 e. The SMILES string of the molecule is CCCCCCCCCCCCCCCCCCCC(=O)OCCCCCC/C=C\CCCC(=O)NC(CO)C(O)CCCCCCCCCCCCCCCC. The number of amides is 1. The van der Waals surface area contributed by atoms with Crippen molar-refractivity contribution in [3.63, 3.8) is 0 Å². The molecule has 0 saturated carbocycles. The molecule has 0 aromatic rings. The number of allylic oxidation sites excluding steroid dienone is 2. The molecule has 1 amide bonds. The molecule has 2 atom stereocenters. The third kappa shape index (κ3) is 44.0. The van der Waals surface area contributed by atoms with E-state index in [1.54, 1.807) is 0 Å². The van der Waals surface area contributed by atoms with Crippen LogP contribution in [0.15, 0.2) is 12.2 Å². The van der Waals surface area contributed by atoms with E-state index in [1.807, 2.05) is 0 Å². The van der Waals surface area contributed by atoms with Gasteiger partial charge in [-0.1, -0.05) is 231 Å². The summed E-state index contributed by atoms with van der Waals surface area (Å²) in [7, 11) is 0. The maximum atomic E-state index is 12.4. The molecule has 0 radical (unpaired) electrons. The van der Waals surface area contributed by atoms with Crippen molar-refractivity contribution in [1.82, 2.24) is 5.32 Å². The zero-order chi connectivity index (χ0) is 41.5. The summed E-state index contributed by atoms with van der Waals surface area (Å²) in [6.45, 7) is 4.87. The van der Waals surface area contributed by atoms with Crippen LogP contribution in [-0.4, -0.2) is 47.4 Å². The number of rotatable bonds is 47. The van der Waals surface area contributed by atoms with Gasteiger partial charge in [-0.2, -0.15) is 0 Å². The van der Waals surface area contributed by atoms with E-state index >= 15 is 0 Å². The standard InChI is InChI=1S/C51H99NO5/c1-3-5-7-9-11-13-15-17-19-20-21-23-25-29-33-37-41-45-51(56)57-46-42-38-34-30-26-28-32-36-40-44-50(55)52-48(47-53)49(54)43-39-35-31-27-24-22-18-16-14-12-10-8-6-4-2/h28,32,48-49,53-54H,3-27,29-31,33-47H2,1-2H3,(H,52,55)/b32-28-. The highest BCUT2D eigenvalue weighted by Crippen LogP contribution is 2.16. The number of hydrogen-bond acceptors (Lipinski definition) is 5. The maximum absolute atomic E-state index is 12.4. The molecule has 3 N–H and O–H groups in total. The van der Waals surface area contributed by atoms with Crippen LogP contribution in [0.4, 0.5) is 0 Å². The van der Waals surface area contributed by atoms with Crippen LogP contribution >= 0.6 is 0 Å². The minimum absolute atomic E-state index is 0.0316. The molecule has 0 saturated heterocycles. The summed E-state index contributed by atoms with van der Waals surface area (Å²) in [6.07, 6.45) is 53.3. The Labute approximate surface area is 355 Å². The number of carbonyl (C=O) groups excluding carboxylic acids is 2. The van der Waals surface area contributed by atoms with Crippen LogP contribution < -0.4 is 5.32 Å². The first kappa shape index (κ1) is 55.6. The topological polar surface area (TPSA) is 95.9 Å². The van der Waals surface area contributed by atoms with E-state index in [1.165, 1.54) is 173 Å². The minimum Gasteiger partial charge on any atom is -0.466 e. The molecule has 0 aromatic heterocycles. The first-order chi connectivity index (χ1) is 28.0. The van der Waals surface area contributed by atoms with Gasteiger partial charge in [-0.05, 0) is 44.9 Å². The molecular weight excluding hydrogens is 707 g/mol. The number of unbranched alkanes of at least 4 members (excludes halogenated alkanes) is 34. The van der Waals surface area contributed by atoms with Crippen molar-refractivity contribution in [1.29, 1.82) is 0 Å². The van der Waals surface area contributed by atoms with Crippen LogP contribution in [0.5, 0.6) is 0 Å². The van der Waals surface area contributed by atoms with Crippen LogP contribution in [0.25, 0.3) is 0 Å². The fraction of sp³-hybridized carbons (Fsp3) is 0.922. The Morgan fingerprint density at radius 3 is 1.28 bits per heavy atom. The van der Waals surface area contributed by atoms with Crippen LogP contribution in [-0.2, 0) is 14.3 Å². The van der Waals surface area contributed by atoms with Crippen molar-refractivity contribution in [2.75, 3.05) is 13.2 Å². The predicted molar refractivity (Wildman–Crippen MR) is 246 cm³/mol. The van der Waals surface area contributed by atoms with Gasteiger partial charge in [0.05, 0.1) is 25.4 Å². The molecular formula is C51H99NO5. The van der Waals surface area contributed by atoms with Crippen molar-refractivity contribution in [3.05, 3.63) is 12.2 Å². The van der Waals surface area contributed by atoms with Gasteiger partial charge in [0.1, 0.15) is 0 Å². The van der Waals surface area contributed by atoms with Gasteiger partial charge in [0, 0.05) is 12.8 Å². The summed E-state index contributed by atoms with van der Waals surface area (Å²) in [5.41, 5.74) is 0. The fourth-order valence-electron chi connectivity index (χ4n) is 7.88. The monoisotopic (exact) mass is 806 g/mol. The molecule has 6 heteroatoms. The molecule has 338 valence electrons. The molecule has 0 bridgehead atoms. The van der Waals surface area contributed by atoms with Crippen molar-refractivity contribution >= 4 is 11.9 Å². The van der Waals surface area contributed by atoms with E-state index in [0.29, 0.717) is 25.9 Å². The Hall–Kier alpha value is -1.40. The normalized spacial score (nSPS) is 12.7. The van der Waals surface area contributed by atoms with Gasteiger partial charge in [-0.15, -0.1) is 0 Å². The number of esters is 1. The average molecular weight is 806 g/mol. The molecule has 0 aliphatic heterocycles. The molecule has 0 aliphatic rings. The lowest BCUT2D eigenvalue weighted by atomic mass is 10.0. The highest BCUT2D eigenvalue weighted by molar-refractivity contribution is 5.76. The molecule has 0 heterocycles. The van der Waals surface area contributed by atoms with Gasteiger partial charge in [0.25, 0.3) is 0 Å². The Morgan fingerprint density at radius 1 is 0.474 bits per heavy atom. The average Bonchev–Trinajstić information content (AvgIpc) is 3.21. The Balaban J connectivity index is 3.51. The molecule has 0 aromatic carbocycles. The summed E-state index contributed by atoms with van der Waals surface area (Å²) < 4.78 is 5.45. The lowest BCUT2D eigenvalue weighted by Crippen LogP contribution is -2.45. The van der Waals surface area contributed by atoms with Gasteiger partial charge in [0.2, 0.25) is 5.91 Å². The highest BCUT2D eigenvalue weighted by atomic mass is 16.5. The lowest BCUT2D eigenvalue weighted by molar-refractivity contribution is -0.143. The lowest BCUT2D eigenvalue weighted by Gasteiger charge is -2.22. The van der Waals surface area contributed by atoms with E-state index in [9.17, 15) is 19.8 Å². The first-order valence-electron chi connectivity index (χ1n) is 25.4. The Bertz CT molecular complexity index is 847. The van der Waals surface area contributed by atoms with Gasteiger partial charge in [-0.3, -0.25) is 9.59 Å². The van der Waals surface area contributed by atoms with E-state index < -0.39 is 12.1 Å².